The number of likely N-dealkylation sites (tertiary alicyclic amines) is 1. The molecule has 5 N–H and O–H groups in total. The van der Waals surface area contributed by atoms with Gasteiger partial charge in [-0.3, -0.25) is 4.79 Å². The number of nitrogens with zero attached hydrogens (tertiary/aromatic N) is 1. The number of hydrogen-bond donors (Lipinski definition) is 4. The third-order valence-electron chi connectivity index (χ3n) is 4.96. The SMILES string of the molecule is COc1ccc(CCC(O)/C=C/C=C\C=C\C(O)CCC(=O)O)cc1.NC(=O)N1CCCC1. The normalized spacial score (nSPS) is 15.5. The van der Waals surface area contributed by atoms with E-state index in [0.717, 1.165) is 43.7 Å². The number of rotatable bonds is 11. The zero-order valence-corrected chi connectivity index (χ0v) is 19.2. The van der Waals surface area contributed by atoms with Gasteiger partial charge in [0.15, 0.2) is 0 Å². The summed E-state index contributed by atoms with van der Waals surface area (Å²) >= 11 is 0. The summed E-state index contributed by atoms with van der Waals surface area (Å²) in [6.45, 7) is 1.71. The molecule has 1 aromatic carbocycles. The minimum atomic E-state index is -0.922. The van der Waals surface area contributed by atoms with E-state index in [0.29, 0.717) is 6.42 Å². The van der Waals surface area contributed by atoms with Gasteiger partial charge in [0.2, 0.25) is 0 Å². The average Bonchev–Trinajstić information content (AvgIpc) is 3.35. The first-order valence-corrected chi connectivity index (χ1v) is 11.1. The monoisotopic (exact) mass is 460 g/mol. The summed E-state index contributed by atoms with van der Waals surface area (Å²) in [6.07, 6.45) is 12.6. The Morgan fingerprint density at radius 1 is 1.00 bits per heavy atom. The molecule has 1 aliphatic rings. The minimum Gasteiger partial charge on any atom is -0.497 e. The van der Waals surface area contributed by atoms with Crippen LogP contribution in [0.15, 0.2) is 60.7 Å². The maximum absolute atomic E-state index is 10.4. The number of allylic oxidation sites excluding steroid dienone is 4. The lowest BCUT2D eigenvalue weighted by Crippen LogP contribution is -2.32. The van der Waals surface area contributed by atoms with E-state index in [2.05, 4.69) is 0 Å². The number of aliphatic hydroxyl groups is 2. The second kappa shape index (κ2) is 16.5. The number of carbonyl (C=O) groups excluding carboxylic acids is 1. The van der Waals surface area contributed by atoms with E-state index in [4.69, 9.17) is 15.6 Å². The van der Waals surface area contributed by atoms with Gasteiger partial charge in [0.1, 0.15) is 5.75 Å². The van der Waals surface area contributed by atoms with Gasteiger partial charge in [-0.15, -0.1) is 0 Å². The molecule has 33 heavy (non-hydrogen) atoms. The number of urea groups is 1. The Bertz CT molecular complexity index is 783. The first-order chi connectivity index (χ1) is 15.8. The largest absolute Gasteiger partial charge is 0.497 e. The standard InChI is InChI=1S/C20H26O5.C5H10N2O/c1-25-19-13-9-16(10-14-19)8-11-17(21)6-4-2-3-5-7-18(22)12-15-20(23)24;6-5(8)7-3-1-2-4-7/h2-7,9-10,13-14,17-18,21-22H,8,11-12,15H2,1H3,(H,23,24);1-4H2,(H2,6,8)/b3-2-,6-4+,7-5+;. The fourth-order valence-corrected chi connectivity index (χ4v) is 3.02. The van der Waals surface area contributed by atoms with Gasteiger partial charge >= 0.3 is 12.0 Å². The number of benzene rings is 1. The maximum atomic E-state index is 10.4. The molecule has 2 atom stereocenters. The Morgan fingerprint density at radius 2 is 1.55 bits per heavy atom. The van der Waals surface area contributed by atoms with E-state index in [9.17, 15) is 19.8 Å². The first-order valence-electron chi connectivity index (χ1n) is 11.1. The summed E-state index contributed by atoms with van der Waals surface area (Å²) in [6, 6.07) is 7.49. The number of aryl methyl sites for hydroxylation is 1. The molecule has 8 heteroatoms. The number of hydrogen-bond acceptors (Lipinski definition) is 5. The van der Waals surface area contributed by atoms with Gasteiger partial charge in [0.05, 0.1) is 19.3 Å². The first kappa shape index (κ1) is 27.9. The van der Waals surface area contributed by atoms with Crippen molar-refractivity contribution < 1.29 is 29.6 Å². The Labute approximate surface area is 195 Å². The topological polar surface area (TPSA) is 133 Å². The predicted molar refractivity (Wildman–Crippen MR) is 128 cm³/mol. The van der Waals surface area contributed by atoms with E-state index < -0.39 is 18.2 Å². The number of carboxylic acids is 1. The van der Waals surface area contributed by atoms with Crippen molar-refractivity contribution in [1.82, 2.24) is 4.90 Å². The van der Waals surface area contributed by atoms with Crippen molar-refractivity contribution in [1.29, 1.82) is 0 Å². The van der Waals surface area contributed by atoms with Crippen LogP contribution in [0.3, 0.4) is 0 Å². The number of nitrogens with two attached hydrogens (primary N) is 1. The molecule has 2 unspecified atom stereocenters. The third kappa shape index (κ3) is 13.8. The number of aliphatic carboxylic acids is 1. The molecular formula is C25H36N2O6. The molecule has 1 aliphatic heterocycles. The van der Waals surface area contributed by atoms with Gasteiger partial charge in [-0.25, -0.2) is 4.79 Å². The number of ether oxygens (including phenoxy) is 1. The van der Waals surface area contributed by atoms with E-state index in [-0.39, 0.29) is 18.9 Å². The second-order valence-corrected chi connectivity index (χ2v) is 7.64. The van der Waals surface area contributed by atoms with Crippen molar-refractivity contribution in [2.45, 2.75) is 50.7 Å². The van der Waals surface area contributed by atoms with Crippen LogP contribution in [0, 0.1) is 0 Å². The molecular weight excluding hydrogens is 424 g/mol. The molecule has 2 rings (SSSR count). The van der Waals surface area contributed by atoms with Crippen LogP contribution in [0.2, 0.25) is 0 Å². The molecule has 0 spiro atoms. The van der Waals surface area contributed by atoms with Gasteiger partial charge in [-0.1, -0.05) is 48.6 Å². The van der Waals surface area contributed by atoms with Crippen LogP contribution >= 0.6 is 0 Å². The Kier molecular flexibility index (Phi) is 14.0. The van der Waals surface area contributed by atoms with Crippen molar-refractivity contribution in [3.05, 3.63) is 66.3 Å². The summed E-state index contributed by atoms with van der Waals surface area (Å²) in [5, 5.41) is 27.9. The number of aliphatic hydroxyl groups excluding tert-OH is 2. The van der Waals surface area contributed by atoms with Crippen LogP contribution in [0.1, 0.15) is 37.7 Å². The van der Waals surface area contributed by atoms with Crippen LogP contribution in [0.5, 0.6) is 5.75 Å². The highest BCUT2D eigenvalue weighted by molar-refractivity contribution is 5.72. The molecule has 0 saturated carbocycles. The molecule has 0 aliphatic carbocycles. The summed E-state index contributed by atoms with van der Waals surface area (Å²) in [7, 11) is 1.63. The van der Waals surface area contributed by atoms with Crippen LogP contribution in [-0.2, 0) is 11.2 Å². The van der Waals surface area contributed by atoms with E-state index in [1.165, 1.54) is 6.08 Å². The van der Waals surface area contributed by atoms with Gasteiger partial charge in [0, 0.05) is 19.5 Å². The van der Waals surface area contributed by atoms with Crippen LogP contribution < -0.4 is 10.5 Å². The van der Waals surface area contributed by atoms with Crippen LogP contribution in [-0.4, -0.2) is 64.6 Å². The number of carboxylic acid groups (broad SMARTS) is 1. The van der Waals surface area contributed by atoms with Gasteiger partial charge < -0.3 is 30.7 Å². The van der Waals surface area contributed by atoms with Gasteiger partial charge in [-0.05, 0) is 49.8 Å². The second-order valence-electron chi connectivity index (χ2n) is 7.64. The fraction of sp³-hybridized carbons (Fsp3) is 0.440. The zero-order chi connectivity index (χ0) is 24.5. The number of carbonyl (C=O) groups is 2. The highest BCUT2D eigenvalue weighted by Crippen LogP contribution is 2.13. The Balaban J connectivity index is 0.000000568. The fourth-order valence-electron chi connectivity index (χ4n) is 3.02. The van der Waals surface area contributed by atoms with E-state index >= 15 is 0 Å². The molecule has 0 radical (unpaired) electrons. The highest BCUT2D eigenvalue weighted by atomic mass is 16.5. The van der Waals surface area contributed by atoms with Crippen molar-refractivity contribution in [2.24, 2.45) is 5.73 Å². The van der Waals surface area contributed by atoms with Crippen LogP contribution in [0.25, 0.3) is 0 Å². The van der Waals surface area contributed by atoms with E-state index in [1.54, 1.807) is 42.4 Å². The Hall–Kier alpha value is -3.10. The summed E-state index contributed by atoms with van der Waals surface area (Å²) in [4.78, 5) is 22.4. The molecule has 1 aromatic rings. The number of primary amides is 1. The van der Waals surface area contributed by atoms with Crippen LogP contribution in [0.4, 0.5) is 4.79 Å². The Morgan fingerprint density at radius 3 is 2.00 bits per heavy atom. The lowest BCUT2D eigenvalue weighted by molar-refractivity contribution is -0.137. The third-order valence-corrected chi connectivity index (χ3v) is 4.96. The molecule has 182 valence electrons. The number of methoxy groups -OCH3 is 1. The number of amides is 2. The molecule has 0 bridgehead atoms. The zero-order valence-electron chi connectivity index (χ0n) is 19.2. The lowest BCUT2D eigenvalue weighted by atomic mass is 10.1. The average molecular weight is 461 g/mol. The molecule has 2 amide bonds. The lowest BCUT2D eigenvalue weighted by Gasteiger charge is -2.09. The smallest absolute Gasteiger partial charge is 0.314 e. The van der Waals surface area contributed by atoms with Gasteiger partial charge in [-0.2, -0.15) is 0 Å². The molecule has 1 heterocycles. The minimum absolute atomic E-state index is 0.0600. The molecule has 1 saturated heterocycles. The van der Waals surface area contributed by atoms with E-state index in [1.807, 2.05) is 24.3 Å². The molecule has 8 nitrogen and oxygen atoms in total. The summed E-state index contributed by atoms with van der Waals surface area (Å²) in [5.74, 6) is -0.106. The maximum Gasteiger partial charge on any atom is 0.314 e. The van der Waals surface area contributed by atoms with Crippen molar-refractivity contribution in [3.8, 4) is 5.75 Å². The molecule has 0 aromatic heterocycles. The summed E-state index contributed by atoms with van der Waals surface area (Å²) < 4.78 is 5.10. The quantitative estimate of drug-likeness (QED) is 0.375. The van der Waals surface area contributed by atoms with Gasteiger partial charge in [0.25, 0.3) is 0 Å². The predicted octanol–water partition coefficient (Wildman–Crippen LogP) is 3.04. The highest BCUT2D eigenvalue weighted by Gasteiger charge is 2.13. The molecule has 1 fully saturated rings. The van der Waals surface area contributed by atoms with Crippen molar-refractivity contribution >= 4 is 12.0 Å². The van der Waals surface area contributed by atoms with Crippen molar-refractivity contribution in [2.75, 3.05) is 20.2 Å². The summed E-state index contributed by atoms with van der Waals surface area (Å²) in [5.41, 5.74) is 6.13. The van der Waals surface area contributed by atoms with Crippen molar-refractivity contribution in [3.63, 3.8) is 0 Å².